The molecule has 4 aromatic rings. The Morgan fingerprint density at radius 1 is 0.971 bits per heavy atom. The molecule has 0 bridgehead atoms. The van der Waals surface area contributed by atoms with Gasteiger partial charge in [0, 0.05) is 23.0 Å². The van der Waals surface area contributed by atoms with E-state index in [1.165, 1.54) is 12.0 Å². The zero-order chi connectivity index (χ0) is 23.3. The molecule has 0 radical (unpaired) electrons. The molecule has 0 atom stereocenters. The molecule has 6 rings (SSSR count). The molecule has 34 heavy (non-hydrogen) atoms. The number of hydrogen-bond acceptors (Lipinski definition) is 5. The molecule has 7 heteroatoms. The van der Waals surface area contributed by atoms with E-state index in [0.717, 1.165) is 53.8 Å². The van der Waals surface area contributed by atoms with Crippen LogP contribution in [0.4, 0.5) is 5.82 Å². The molecule has 1 saturated carbocycles. The summed E-state index contributed by atoms with van der Waals surface area (Å²) in [6, 6.07) is 16.0. The maximum Gasteiger partial charge on any atom is 0.165 e. The third-order valence-electron chi connectivity index (χ3n) is 7.00. The third kappa shape index (κ3) is 3.50. The van der Waals surface area contributed by atoms with Gasteiger partial charge in [-0.05, 0) is 62.0 Å². The number of nitrogens with zero attached hydrogens (tertiary/aromatic N) is 4. The fourth-order valence-corrected chi connectivity index (χ4v) is 5.07. The molecule has 0 saturated heterocycles. The molecule has 0 aliphatic heterocycles. The molecule has 2 aliphatic carbocycles. The average molecular weight is 469 g/mol. The van der Waals surface area contributed by atoms with Gasteiger partial charge in [0.2, 0.25) is 0 Å². The molecule has 1 aromatic carbocycles. The predicted molar refractivity (Wildman–Crippen MR) is 138 cm³/mol. The number of benzene rings is 1. The topological polar surface area (TPSA) is 95.6 Å². The van der Waals surface area contributed by atoms with Crippen LogP contribution in [0.15, 0.2) is 72.5 Å². The first-order chi connectivity index (χ1) is 16.5. The van der Waals surface area contributed by atoms with Crippen molar-refractivity contribution in [2.75, 3.05) is 5.73 Å². The highest BCUT2D eigenvalue weighted by atomic mass is 35.5. The number of imidazole rings is 1. The van der Waals surface area contributed by atoms with Crippen molar-refractivity contribution in [2.45, 2.75) is 37.6 Å². The van der Waals surface area contributed by atoms with Crippen molar-refractivity contribution >= 4 is 34.3 Å². The van der Waals surface area contributed by atoms with Gasteiger partial charge in [0.1, 0.15) is 17.2 Å². The number of aromatic nitrogens is 4. The van der Waals surface area contributed by atoms with Crippen LogP contribution < -0.4 is 11.5 Å². The van der Waals surface area contributed by atoms with E-state index < -0.39 is 0 Å². The summed E-state index contributed by atoms with van der Waals surface area (Å²) in [5.41, 5.74) is 19.4. The lowest BCUT2D eigenvalue weighted by molar-refractivity contribution is 0.291. The van der Waals surface area contributed by atoms with E-state index in [1.807, 2.05) is 36.4 Å². The molecule has 3 aromatic heterocycles. The second kappa shape index (κ2) is 8.08. The van der Waals surface area contributed by atoms with Gasteiger partial charge in [-0.3, -0.25) is 4.57 Å². The van der Waals surface area contributed by atoms with Crippen molar-refractivity contribution in [1.29, 1.82) is 0 Å². The maximum atomic E-state index is 6.61. The summed E-state index contributed by atoms with van der Waals surface area (Å²) in [7, 11) is 0. The van der Waals surface area contributed by atoms with Gasteiger partial charge in [0.25, 0.3) is 0 Å². The van der Waals surface area contributed by atoms with Crippen LogP contribution in [0, 0.1) is 0 Å². The number of hydrogen-bond donors (Lipinski definition) is 2. The second-order valence-corrected chi connectivity index (χ2v) is 9.56. The van der Waals surface area contributed by atoms with Crippen molar-refractivity contribution in [3.63, 3.8) is 0 Å². The minimum absolute atomic E-state index is 0.137. The number of halogens is 1. The van der Waals surface area contributed by atoms with Gasteiger partial charge < -0.3 is 11.5 Å². The van der Waals surface area contributed by atoms with Crippen molar-refractivity contribution in [3.8, 4) is 22.6 Å². The summed E-state index contributed by atoms with van der Waals surface area (Å²) < 4.78 is 2.10. The molecule has 0 spiro atoms. The molecule has 6 nitrogen and oxygen atoms in total. The number of fused-ring (bicyclic) bond motifs is 1. The van der Waals surface area contributed by atoms with Crippen molar-refractivity contribution in [3.05, 3.63) is 77.5 Å². The van der Waals surface area contributed by atoms with E-state index in [-0.39, 0.29) is 5.54 Å². The Hall–Kier alpha value is -3.48. The SMILES string of the molecule is Nc1ncc(Cl)cc1-c1nc2ccc(-c3ccccc3)nc2n1C1=CC=C(C2(N)CCC2)CC1. The quantitative estimate of drug-likeness (QED) is 0.392. The van der Waals surface area contributed by atoms with Crippen molar-refractivity contribution in [1.82, 2.24) is 19.5 Å². The van der Waals surface area contributed by atoms with Crippen LogP contribution in [0.25, 0.3) is 39.5 Å². The molecule has 3 heterocycles. The molecule has 4 N–H and O–H groups in total. The molecule has 170 valence electrons. The average Bonchev–Trinajstić information content (AvgIpc) is 3.23. The van der Waals surface area contributed by atoms with Crippen LogP contribution in [0.3, 0.4) is 0 Å². The zero-order valence-electron chi connectivity index (χ0n) is 18.7. The van der Waals surface area contributed by atoms with Crippen LogP contribution in [-0.2, 0) is 0 Å². The summed E-state index contributed by atoms with van der Waals surface area (Å²) in [4.78, 5) is 14.2. The van der Waals surface area contributed by atoms with E-state index in [4.69, 9.17) is 33.0 Å². The normalized spacial score (nSPS) is 17.2. The highest BCUT2D eigenvalue weighted by Gasteiger charge is 2.36. The second-order valence-electron chi connectivity index (χ2n) is 9.12. The first-order valence-electron chi connectivity index (χ1n) is 11.6. The minimum Gasteiger partial charge on any atom is -0.383 e. The molecular formula is C27H25ClN6. The highest BCUT2D eigenvalue weighted by molar-refractivity contribution is 6.30. The number of nitrogens with two attached hydrogens (primary N) is 2. The zero-order valence-corrected chi connectivity index (χ0v) is 19.5. The van der Waals surface area contributed by atoms with Gasteiger partial charge in [0.05, 0.1) is 16.3 Å². The molecule has 2 aliphatic rings. The first-order valence-corrected chi connectivity index (χ1v) is 12.0. The van der Waals surface area contributed by atoms with E-state index in [1.54, 1.807) is 6.20 Å². The Bertz CT molecular complexity index is 1460. The Kier molecular flexibility index (Phi) is 5.01. The Balaban J connectivity index is 1.56. The monoisotopic (exact) mass is 468 g/mol. The standard InChI is InChI=1S/C27H25ClN6/c28-19-15-21(24(29)31-16-19)25-33-23-12-11-22(17-5-2-1-3-6-17)32-26(23)34(25)20-9-7-18(8-10-20)27(30)13-4-14-27/h1-3,5-7,9,11-12,15-16H,4,8,10,13-14,30H2,(H2,29,31). The molecule has 0 amide bonds. The van der Waals surface area contributed by atoms with Gasteiger partial charge in [-0.25, -0.2) is 15.0 Å². The third-order valence-corrected chi connectivity index (χ3v) is 7.21. The number of pyridine rings is 2. The Labute approximate surface area is 203 Å². The number of anilines is 1. The lowest BCUT2D eigenvalue weighted by Gasteiger charge is -2.41. The Morgan fingerprint density at radius 3 is 2.50 bits per heavy atom. The van der Waals surface area contributed by atoms with Crippen molar-refractivity contribution in [2.24, 2.45) is 5.73 Å². The lowest BCUT2D eigenvalue weighted by atomic mass is 9.70. The predicted octanol–water partition coefficient (Wildman–Crippen LogP) is 5.84. The molecule has 1 fully saturated rings. The van der Waals surface area contributed by atoms with Crippen LogP contribution in [0.2, 0.25) is 5.02 Å². The van der Waals surface area contributed by atoms with Crippen molar-refractivity contribution < 1.29 is 0 Å². The van der Waals surface area contributed by atoms with Gasteiger partial charge in [-0.2, -0.15) is 0 Å². The fraction of sp³-hybridized carbons (Fsp3) is 0.222. The minimum atomic E-state index is -0.137. The van der Waals surface area contributed by atoms with E-state index in [2.05, 4.69) is 33.8 Å². The van der Waals surface area contributed by atoms with Crippen LogP contribution in [0.1, 0.15) is 32.1 Å². The molecular weight excluding hydrogens is 444 g/mol. The summed E-state index contributed by atoms with van der Waals surface area (Å²) >= 11 is 6.29. The van der Waals surface area contributed by atoms with Crippen LogP contribution >= 0.6 is 11.6 Å². The van der Waals surface area contributed by atoms with Gasteiger partial charge in [0.15, 0.2) is 5.65 Å². The largest absolute Gasteiger partial charge is 0.383 e. The summed E-state index contributed by atoms with van der Waals surface area (Å²) in [5.74, 6) is 1.07. The van der Waals surface area contributed by atoms with Crippen LogP contribution in [-0.4, -0.2) is 25.1 Å². The van der Waals surface area contributed by atoms with E-state index in [9.17, 15) is 0 Å². The first kappa shape index (κ1) is 21.1. The smallest absolute Gasteiger partial charge is 0.165 e. The number of rotatable bonds is 4. The highest BCUT2D eigenvalue weighted by Crippen LogP contribution is 2.41. The summed E-state index contributed by atoms with van der Waals surface area (Å²) in [6.45, 7) is 0. The fourth-order valence-electron chi connectivity index (χ4n) is 4.91. The maximum absolute atomic E-state index is 6.61. The van der Waals surface area contributed by atoms with Gasteiger partial charge in [-0.15, -0.1) is 0 Å². The van der Waals surface area contributed by atoms with Crippen LogP contribution in [0.5, 0.6) is 0 Å². The van der Waals surface area contributed by atoms with E-state index in [0.29, 0.717) is 22.2 Å². The Morgan fingerprint density at radius 2 is 1.79 bits per heavy atom. The summed E-state index contributed by atoms with van der Waals surface area (Å²) in [5, 5.41) is 0.510. The molecule has 0 unspecified atom stereocenters. The number of nitrogen functional groups attached to an aromatic ring is 1. The number of allylic oxidation sites excluding steroid dienone is 3. The summed E-state index contributed by atoms with van der Waals surface area (Å²) in [6.07, 6.45) is 11.0. The lowest BCUT2D eigenvalue weighted by Crippen LogP contribution is -2.48. The van der Waals surface area contributed by atoms with E-state index >= 15 is 0 Å². The van der Waals surface area contributed by atoms with Gasteiger partial charge in [-0.1, -0.05) is 48.0 Å². The van der Waals surface area contributed by atoms with Gasteiger partial charge >= 0.3 is 0 Å².